The van der Waals surface area contributed by atoms with E-state index in [-0.39, 0.29) is 31.0 Å². The number of carbonyl (C=O) groups is 3. The molecular formula is C27H22F3N3O5. The van der Waals surface area contributed by atoms with Crippen molar-refractivity contribution in [2.45, 2.75) is 32.0 Å². The van der Waals surface area contributed by atoms with E-state index in [1.165, 1.54) is 9.47 Å². The van der Waals surface area contributed by atoms with Gasteiger partial charge >= 0.3 is 0 Å². The van der Waals surface area contributed by atoms with Crippen molar-refractivity contribution in [2.75, 3.05) is 13.1 Å². The first kappa shape index (κ1) is 25.2. The molecule has 2 aliphatic rings. The minimum atomic E-state index is -1.20. The number of ether oxygens (including phenoxy) is 1. The molecule has 3 aromatic rings. The van der Waals surface area contributed by atoms with Crippen LogP contribution in [-0.4, -0.2) is 40.2 Å². The second-order valence-electron chi connectivity index (χ2n) is 9.10. The van der Waals surface area contributed by atoms with Gasteiger partial charge in [-0.2, -0.15) is 0 Å². The molecule has 8 nitrogen and oxygen atoms in total. The van der Waals surface area contributed by atoms with Crippen LogP contribution in [0.25, 0.3) is 0 Å². The van der Waals surface area contributed by atoms with E-state index in [1.807, 2.05) is 0 Å². The Bertz CT molecular complexity index is 1480. The van der Waals surface area contributed by atoms with Gasteiger partial charge in [0.05, 0.1) is 0 Å². The van der Waals surface area contributed by atoms with Crippen LogP contribution in [0.3, 0.4) is 0 Å². The third-order valence-electron chi connectivity index (χ3n) is 6.64. The number of Topliss-reactive ketones (excluding diaryl/α,β-unsaturated/α-hetero) is 1. The summed E-state index contributed by atoms with van der Waals surface area (Å²) in [5, 5.41) is 2.26. The fourth-order valence-electron chi connectivity index (χ4n) is 4.68. The summed E-state index contributed by atoms with van der Waals surface area (Å²) in [6, 6.07) is 8.95. The van der Waals surface area contributed by atoms with Crippen LogP contribution >= 0.6 is 0 Å². The van der Waals surface area contributed by atoms with E-state index in [9.17, 15) is 32.3 Å². The maximum Gasteiger partial charge on any atom is 0.274 e. The largest absolute Gasteiger partial charge is 0.483 e. The second-order valence-corrected chi connectivity index (χ2v) is 9.10. The number of rotatable bonds is 6. The summed E-state index contributed by atoms with van der Waals surface area (Å²) in [4.78, 5) is 54.2. The Labute approximate surface area is 214 Å². The summed E-state index contributed by atoms with van der Waals surface area (Å²) in [5.74, 6) is -5.59. The SMILES string of the molecule is O=C(NCc1c(F)cc(F)cc1F)c1cn2c(c(OCc3ccccc3)c1=O)C(=O)N1CCCC(=O)C2C1. The van der Waals surface area contributed by atoms with Gasteiger partial charge in [-0.05, 0) is 12.0 Å². The van der Waals surface area contributed by atoms with Crippen molar-refractivity contribution in [2.24, 2.45) is 0 Å². The number of nitrogens with one attached hydrogen (secondary N) is 1. The molecule has 2 aromatic carbocycles. The topological polar surface area (TPSA) is 97.7 Å². The van der Waals surface area contributed by atoms with E-state index < -0.39 is 64.2 Å². The minimum absolute atomic E-state index is 0.0821. The van der Waals surface area contributed by atoms with Gasteiger partial charge in [0.15, 0.2) is 17.2 Å². The van der Waals surface area contributed by atoms with Crippen molar-refractivity contribution in [3.05, 3.63) is 98.7 Å². The monoisotopic (exact) mass is 525 g/mol. The average molecular weight is 525 g/mol. The summed E-state index contributed by atoms with van der Waals surface area (Å²) in [6.45, 7) is -0.345. The normalized spacial score (nSPS) is 16.6. The Morgan fingerprint density at radius 1 is 1.05 bits per heavy atom. The molecule has 0 radical (unpaired) electrons. The Morgan fingerprint density at radius 2 is 1.76 bits per heavy atom. The minimum Gasteiger partial charge on any atom is -0.483 e. The van der Waals surface area contributed by atoms with Gasteiger partial charge in [-0.15, -0.1) is 0 Å². The summed E-state index contributed by atoms with van der Waals surface area (Å²) in [7, 11) is 0. The van der Waals surface area contributed by atoms with Gasteiger partial charge in [-0.1, -0.05) is 30.3 Å². The maximum atomic E-state index is 14.1. The van der Waals surface area contributed by atoms with Crippen molar-refractivity contribution in [3.63, 3.8) is 0 Å². The first-order chi connectivity index (χ1) is 18.2. The number of amides is 2. The highest BCUT2D eigenvalue weighted by Gasteiger charge is 2.40. The van der Waals surface area contributed by atoms with Gasteiger partial charge in [0.2, 0.25) is 5.43 Å². The maximum absolute atomic E-state index is 14.1. The van der Waals surface area contributed by atoms with E-state index in [0.717, 1.165) is 6.20 Å². The van der Waals surface area contributed by atoms with Gasteiger partial charge < -0.3 is 19.5 Å². The molecule has 0 spiro atoms. The predicted octanol–water partition coefficient (Wildman–Crippen LogP) is 3.13. The lowest BCUT2D eigenvalue weighted by Crippen LogP contribution is -2.46. The first-order valence-electron chi connectivity index (χ1n) is 11.9. The zero-order chi connectivity index (χ0) is 27.0. The molecule has 5 rings (SSSR count). The lowest BCUT2D eigenvalue weighted by molar-refractivity contribution is -0.122. The van der Waals surface area contributed by atoms with Crippen LogP contribution in [0.5, 0.6) is 5.75 Å². The molecule has 0 saturated carbocycles. The van der Waals surface area contributed by atoms with E-state index in [4.69, 9.17) is 4.74 Å². The van der Waals surface area contributed by atoms with Gasteiger partial charge in [-0.3, -0.25) is 19.2 Å². The number of aromatic nitrogens is 1. The van der Waals surface area contributed by atoms with Crippen LogP contribution in [0, 0.1) is 17.5 Å². The number of nitrogens with zero attached hydrogens (tertiary/aromatic N) is 2. The van der Waals surface area contributed by atoms with Crippen molar-refractivity contribution in [1.82, 2.24) is 14.8 Å². The molecule has 1 atom stereocenters. The lowest BCUT2D eigenvalue weighted by Gasteiger charge is -2.34. The molecule has 0 aliphatic carbocycles. The number of pyridine rings is 1. The molecule has 1 saturated heterocycles. The molecule has 38 heavy (non-hydrogen) atoms. The van der Waals surface area contributed by atoms with Gasteiger partial charge in [0.1, 0.15) is 35.7 Å². The lowest BCUT2D eigenvalue weighted by atomic mass is 10.0. The smallest absolute Gasteiger partial charge is 0.274 e. The number of hydrogen-bond donors (Lipinski definition) is 1. The van der Waals surface area contributed by atoms with E-state index >= 15 is 0 Å². The Morgan fingerprint density at radius 3 is 2.47 bits per heavy atom. The molecule has 1 fully saturated rings. The van der Waals surface area contributed by atoms with Crippen molar-refractivity contribution >= 4 is 17.6 Å². The summed E-state index contributed by atoms with van der Waals surface area (Å²) < 4.78 is 48.5. The fourth-order valence-corrected chi connectivity index (χ4v) is 4.68. The van der Waals surface area contributed by atoms with Gasteiger partial charge in [-0.25, -0.2) is 13.2 Å². The molecule has 196 valence electrons. The molecular weight excluding hydrogens is 503 g/mol. The van der Waals surface area contributed by atoms with Crippen molar-refractivity contribution in [3.8, 4) is 5.75 Å². The van der Waals surface area contributed by atoms with Gasteiger partial charge in [0, 0.05) is 49.9 Å². The van der Waals surface area contributed by atoms with Crippen molar-refractivity contribution < 1.29 is 32.3 Å². The molecule has 1 aromatic heterocycles. The zero-order valence-electron chi connectivity index (χ0n) is 20.0. The highest BCUT2D eigenvalue weighted by molar-refractivity contribution is 6.01. The molecule has 1 unspecified atom stereocenters. The fraction of sp³-hybridized carbons (Fsp3) is 0.259. The van der Waals surface area contributed by atoms with Crippen LogP contribution in [0.4, 0.5) is 13.2 Å². The molecule has 2 amide bonds. The van der Waals surface area contributed by atoms with E-state index in [2.05, 4.69) is 5.32 Å². The van der Waals surface area contributed by atoms with Crippen LogP contribution in [0.15, 0.2) is 53.5 Å². The standard InChI is InChI=1S/C27H22F3N3O5/c28-16-9-19(29)17(20(30)10-16)11-31-26(36)18-12-33-21-13-32(8-4-7-22(21)34)27(37)23(33)25(24(18)35)38-14-15-5-2-1-3-6-15/h1-3,5-6,9-10,12,21H,4,7-8,11,13-14H2,(H,31,36). The summed E-state index contributed by atoms with van der Waals surface area (Å²) in [6.07, 6.45) is 1.79. The number of halogens is 3. The predicted molar refractivity (Wildman–Crippen MR) is 128 cm³/mol. The zero-order valence-corrected chi connectivity index (χ0v) is 20.0. The van der Waals surface area contributed by atoms with Crippen LogP contribution in [-0.2, 0) is 17.9 Å². The van der Waals surface area contributed by atoms with E-state index in [1.54, 1.807) is 30.3 Å². The Hall–Kier alpha value is -4.41. The Balaban J connectivity index is 1.55. The second kappa shape index (κ2) is 10.2. The average Bonchev–Trinajstić information content (AvgIpc) is 3.06. The number of benzene rings is 2. The molecule has 3 heterocycles. The number of ketones is 1. The highest BCUT2D eigenvalue weighted by atomic mass is 19.1. The summed E-state index contributed by atoms with van der Waals surface area (Å²) >= 11 is 0. The molecule has 1 N–H and O–H groups in total. The quantitative estimate of drug-likeness (QED) is 0.534. The van der Waals surface area contributed by atoms with Crippen LogP contribution < -0.4 is 15.5 Å². The van der Waals surface area contributed by atoms with Crippen LogP contribution in [0.2, 0.25) is 0 Å². The van der Waals surface area contributed by atoms with Crippen LogP contribution in [0.1, 0.15) is 50.9 Å². The number of hydrogen-bond acceptors (Lipinski definition) is 5. The highest BCUT2D eigenvalue weighted by Crippen LogP contribution is 2.31. The van der Waals surface area contributed by atoms with E-state index in [0.29, 0.717) is 30.7 Å². The summed E-state index contributed by atoms with van der Waals surface area (Å²) in [5.41, 5.74) is -1.42. The van der Waals surface area contributed by atoms with Crippen molar-refractivity contribution in [1.29, 1.82) is 0 Å². The van der Waals surface area contributed by atoms with Gasteiger partial charge in [0.25, 0.3) is 11.8 Å². The molecule has 11 heteroatoms. The number of carbonyl (C=O) groups excluding carboxylic acids is 3. The molecule has 2 aliphatic heterocycles. The Kier molecular flexibility index (Phi) is 6.75. The first-order valence-corrected chi connectivity index (χ1v) is 11.9. The third kappa shape index (κ3) is 4.67. The third-order valence-corrected chi connectivity index (χ3v) is 6.64. The number of fused-ring (bicyclic) bond motifs is 4. The molecule has 2 bridgehead atoms.